The summed E-state index contributed by atoms with van der Waals surface area (Å²) in [6, 6.07) is 17.9. The van der Waals surface area contributed by atoms with E-state index in [0.717, 1.165) is 23.7 Å². The number of benzene rings is 2. The van der Waals surface area contributed by atoms with Crippen molar-refractivity contribution in [2.45, 2.75) is 129 Å². The molecule has 12 nitrogen and oxygen atoms in total. The second kappa shape index (κ2) is 25.6. The summed E-state index contributed by atoms with van der Waals surface area (Å²) >= 11 is 0. The molecule has 1 aliphatic heterocycles. The van der Waals surface area contributed by atoms with Crippen LogP contribution in [-0.4, -0.2) is 79.6 Å². The molecular weight excluding hydrogens is 679 g/mol. The van der Waals surface area contributed by atoms with Crippen LogP contribution in [0.25, 0.3) is 0 Å². The second-order valence-corrected chi connectivity index (χ2v) is 13.8. The largest absolute Gasteiger partial charge is 0.458 e. The van der Waals surface area contributed by atoms with E-state index in [1.165, 1.54) is 12.8 Å². The number of aliphatic hydroxyl groups is 1. The van der Waals surface area contributed by atoms with Crippen molar-refractivity contribution < 1.29 is 48.0 Å². The van der Waals surface area contributed by atoms with Gasteiger partial charge in [-0.05, 0) is 99.0 Å². The predicted molar refractivity (Wildman–Crippen MR) is 208 cm³/mol. The summed E-state index contributed by atoms with van der Waals surface area (Å²) in [6.45, 7) is 15.6. The molecule has 0 aliphatic carbocycles. The molecule has 1 fully saturated rings. The topological polar surface area (TPSA) is 159 Å². The number of aliphatic hydroxyl groups excluding tert-OH is 1. The van der Waals surface area contributed by atoms with Crippen LogP contribution in [0.15, 0.2) is 73.3 Å². The number of ether oxygens (including phenoxy) is 5. The van der Waals surface area contributed by atoms with Crippen LogP contribution in [0.5, 0.6) is 0 Å². The molecule has 1 saturated heterocycles. The number of alkyl carbamates (subject to hydrolysis) is 2. The van der Waals surface area contributed by atoms with Gasteiger partial charge in [0.1, 0.15) is 36.5 Å². The Morgan fingerprint density at radius 3 is 1.60 bits per heavy atom. The third-order valence-corrected chi connectivity index (χ3v) is 6.65. The van der Waals surface area contributed by atoms with Gasteiger partial charge in [-0.3, -0.25) is 0 Å². The summed E-state index contributed by atoms with van der Waals surface area (Å²) in [5, 5.41) is 14.0. The Labute approximate surface area is 316 Å². The standard InChI is InChI=1S/C18H27NO5.C18H25NO4.C4H10BO/c1-18(2,3)24-16(21)15(11-7-8-12-20)19-17(22)23-13-14-9-5-4-6-10-14;1-5-6-12-15(16(20)23-18(2,3)4)19-17(21)22-13-14-10-8-7-9-11-14;5-4-2-1-3-6-4/h4-6,9-10,15,20H,7-8,11-13H2,1-3H3,(H,19,22);5,7-11,15H,1,6,12-13H2,2-4H3,(H,19,21);4H,1-3H2,5H3/q;;-1/t2*15-;/m00./s1. The molecule has 3 rings (SSSR count). The molecule has 1 heterocycles. The highest BCUT2D eigenvalue weighted by Gasteiger charge is 2.28. The average Bonchev–Trinajstić information content (AvgIpc) is 3.58. The van der Waals surface area contributed by atoms with Crippen LogP contribution in [0.1, 0.15) is 97.6 Å². The molecule has 0 saturated carbocycles. The van der Waals surface area contributed by atoms with Gasteiger partial charge in [0.05, 0.1) is 0 Å². The number of allylic oxidation sites excluding steroid dienone is 1. The fourth-order valence-corrected chi connectivity index (χ4v) is 4.22. The summed E-state index contributed by atoms with van der Waals surface area (Å²) in [4.78, 5) is 48.2. The Balaban J connectivity index is 0.000000456. The molecule has 53 heavy (non-hydrogen) atoms. The van der Waals surface area contributed by atoms with Crippen molar-refractivity contribution in [2.24, 2.45) is 0 Å². The maximum atomic E-state index is 12.2. The molecule has 3 N–H and O–H groups in total. The predicted octanol–water partition coefficient (Wildman–Crippen LogP) is 5.86. The number of carbonyl (C=O) groups excluding carboxylic acids is 4. The smallest absolute Gasteiger partial charge is 0.408 e. The molecule has 1 unspecified atom stereocenters. The molecule has 0 bridgehead atoms. The minimum Gasteiger partial charge on any atom is -0.458 e. The zero-order chi connectivity index (χ0) is 39.7. The molecule has 296 valence electrons. The normalized spacial score (nSPS) is 14.8. The Kier molecular flexibility index (Phi) is 22.5. The third-order valence-electron chi connectivity index (χ3n) is 6.65. The minimum absolute atomic E-state index is 0.0412. The number of rotatable bonds is 15. The van der Waals surface area contributed by atoms with Gasteiger partial charge in [0.2, 0.25) is 0 Å². The SMILES string of the molecule is C=CCC[C@H](NC(=O)OCc1ccccc1)C(=O)OC(C)(C)C.CC(C)(C)OC(=O)[C@H](CCCCO)NC(=O)OCc1ccccc1.[BH3-]C1CCCO1. The maximum absolute atomic E-state index is 12.2. The van der Waals surface area contributed by atoms with Crippen LogP contribution in [0, 0.1) is 0 Å². The summed E-state index contributed by atoms with van der Waals surface area (Å²) in [5.41, 5.74) is 0.491. The molecule has 2 aromatic carbocycles. The zero-order valence-electron chi connectivity index (χ0n) is 31.7. The van der Waals surface area contributed by atoms with E-state index < -0.39 is 47.4 Å². The van der Waals surface area contributed by atoms with Crippen LogP contribution < -0.4 is 10.6 Å². The van der Waals surface area contributed by atoms with Crippen LogP contribution in [0.2, 0.25) is 0 Å². The van der Waals surface area contributed by atoms with E-state index in [-0.39, 0.29) is 19.8 Å². The van der Waals surface area contributed by atoms with E-state index in [1.54, 1.807) is 47.6 Å². The van der Waals surface area contributed by atoms with Gasteiger partial charge in [-0.2, -0.15) is 0 Å². The molecule has 3 atom stereocenters. The van der Waals surface area contributed by atoms with Crippen LogP contribution in [0.4, 0.5) is 9.59 Å². The lowest BCUT2D eigenvalue weighted by Crippen LogP contribution is -2.44. The van der Waals surface area contributed by atoms with E-state index in [0.29, 0.717) is 40.0 Å². The van der Waals surface area contributed by atoms with Crippen molar-refractivity contribution in [1.29, 1.82) is 0 Å². The minimum atomic E-state index is -0.793. The fraction of sp³-hybridized carbons (Fsp3) is 0.550. The number of amides is 2. The Bertz CT molecular complexity index is 1340. The molecule has 2 amide bonds. The molecule has 0 spiro atoms. The van der Waals surface area contributed by atoms with Crippen LogP contribution in [0.3, 0.4) is 0 Å². The second-order valence-electron chi connectivity index (χ2n) is 13.8. The average molecular weight is 742 g/mol. The van der Waals surface area contributed by atoms with Gasteiger partial charge in [-0.25, -0.2) is 19.2 Å². The highest BCUT2D eigenvalue weighted by Crippen LogP contribution is 2.13. The van der Waals surface area contributed by atoms with E-state index in [9.17, 15) is 19.2 Å². The first-order chi connectivity index (χ1) is 25.0. The Morgan fingerprint density at radius 2 is 1.26 bits per heavy atom. The number of carbonyl (C=O) groups is 4. The van der Waals surface area contributed by atoms with Gasteiger partial charge in [0.15, 0.2) is 0 Å². The number of unbranched alkanes of at least 4 members (excludes halogenated alkanes) is 1. The van der Waals surface area contributed by atoms with Crippen LogP contribution >= 0.6 is 0 Å². The first-order valence-corrected chi connectivity index (χ1v) is 17.7. The first kappa shape index (κ1) is 46.7. The maximum Gasteiger partial charge on any atom is 0.408 e. The summed E-state index contributed by atoms with van der Waals surface area (Å²) in [5.74, 6) is -0.979. The molecule has 0 aromatic heterocycles. The number of hydrogen-bond acceptors (Lipinski definition) is 10. The number of nitrogens with one attached hydrogen (secondary N) is 2. The van der Waals surface area contributed by atoms with Crippen molar-refractivity contribution in [2.75, 3.05) is 13.2 Å². The van der Waals surface area contributed by atoms with Gasteiger partial charge in [-0.15, -0.1) is 6.58 Å². The number of esters is 2. The Morgan fingerprint density at radius 1 is 0.811 bits per heavy atom. The lowest BCUT2D eigenvalue weighted by molar-refractivity contribution is -0.158. The zero-order valence-corrected chi connectivity index (χ0v) is 31.7. The van der Waals surface area contributed by atoms with E-state index in [4.69, 9.17) is 28.8 Å². The summed E-state index contributed by atoms with van der Waals surface area (Å²) in [7, 11) is 0.521. The van der Waals surface area contributed by atoms with Crippen molar-refractivity contribution in [1.82, 2.24) is 10.6 Å². The summed E-state index contributed by atoms with van der Waals surface area (Å²) in [6.07, 6.45) is 5.62. The highest BCUT2D eigenvalue weighted by molar-refractivity contribution is 6.11. The van der Waals surface area contributed by atoms with E-state index in [2.05, 4.69) is 17.2 Å². The number of hydrogen-bond donors (Lipinski definition) is 3. The summed E-state index contributed by atoms with van der Waals surface area (Å²) < 4.78 is 26.2. The molecule has 2 aromatic rings. The Hall–Kier alpha value is -4.36. The van der Waals surface area contributed by atoms with Gasteiger partial charge in [-0.1, -0.05) is 79.2 Å². The van der Waals surface area contributed by atoms with Crippen LogP contribution in [-0.2, 0) is 46.5 Å². The van der Waals surface area contributed by atoms with Gasteiger partial charge in [0.25, 0.3) is 0 Å². The van der Waals surface area contributed by atoms with Crippen molar-refractivity contribution in [3.8, 4) is 0 Å². The highest BCUT2D eigenvalue weighted by atomic mass is 16.6. The third kappa shape index (κ3) is 24.5. The van der Waals surface area contributed by atoms with Gasteiger partial charge < -0.3 is 39.4 Å². The van der Waals surface area contributed by atoms with Crippen molar-refractivity contribution >= 4 is 32.0 Å². The molecule has 0 radical (unpaired) electrons. The van der Waals surface area contributed by atoms with Crippen molar-refractivity contribution in [3.05, 3.63) is 84.4 Å². The quantitative estimate of drug-likeness (QED) is 0.0664. The fourth-order valence-electron chi connectivity index (χ4n) is 4.22. The van der Waals surface area contributed by atoms with Gasteiger partial charge in [0, 0.05) is 13.2 Å². The van der Waals surface area contributed by atoms with E-state index in [1.807, 2.05) is 60.7 Å². The molecule has 1 aliphatic rings. The van der Waals surface area contributed by atoms with E-state index >= 15 is 0 Å². The molecular formula is C40H62BN2O10-. The monoisotopic (exact) mass is 741 g/mol. The lowest BCUT2D eigenvalue weighted by atomic mass is 9.98. The van der Waals surface area contributed by atoms with Gasteiger partial charge >= 0.3 is 24.1 Å². The first-order valence-electron chi connectivity index (χ1n) is 17.7. The lowest BCUT2D eigenvalue weighted by Gasteiger charge is -2.24. The molecule has 13 heteroatoms. The van der Waals surface area contributed by atoms with Crippen molar-refractivity contribution in [3.63, 3.8) is 0 Å².